The Morgan fingerprint density at radius 2 is 1.76 bits per heavy atom. The summed E-state index contributed by atoms with van der Waals surface area (Å²) >= 11 is 0. The van der Waals surface area contributed by atoms with Gasteiger partial charge in [0.15, 0.2) is 0 Å². The third-order valence-corrected chi connectivity index (χ3v) is 2.80. The highest BCUT2D eigenvalue weighted by molar-refractivity contribution is 5.76. The minimum absolute atomic E-state index is 0.131. The van der Waals surface area contributed by atoms with Crippen molar-refractivity contribution >= 4 is 5.91 Å². The Labute approximate surface area is 100 Å². The summed E-state index contributed by atoms with van der Waals surface area (Å²) in [6, 6.07) is 3.41. The lowest BCUT2D eigenvalue weighted by molar-refractivity contribution is -0.121. The molecule has 0 saturated heterocycles. The second-order valence-electron chi connectivity index (χ2n) is 4.43. The molecule has 1 rings (SSSR count). The highest BCUT2D eigenvalue weighted by Gasteiger charge is 2.20. The molecule has 1 aromatic carbocycles. The van der Waals surface area contributed by atoms with Crippen molar-refractivity contribution in [1.82, 2.24) is 5.32 Å². The lowest BCUT2D eigenvalue weighted by atomic mass is 9.85. The van der Waals surface area contributed by atoms with Gasteiger partial charge in [0.25, 0.3) is 0 Å². The van der Waals surface area contributed by atoms with Gasteiger partial charge in [0.1, 0.15) is 11.6 Å². The molecule has 0 fully saturated rings. The summed E-state index contributed by atoms with van der Waals surface area (Å²) in [6.07, 6.45) is 0.233. The second kappa shape index (κ2) is 5.75. The summed E-state index contributed by atoms with van der Waals surface area (Å²) in [6.45, 7) is 3.85. The van der Waals surface area contributed by atoms with Crippen molar-refractivity contribution in [3.63, 3.8) is 0 Å². The van der Waals surface area contributed by atoms with E-state index in [1.54, 1.807) is 7.05 Å². The van der Waals surface area contributed by atoms with Crippen molar-refractivity contribution in [2.45, 2.75) is 26.2 Å². The van der Waals surface area contributed by atoms with E-state index in [0.717, 1.165) is 6.07 Å². The molecular formula is C13H17F2NO. The van der Waals surface area contributed by atoms with Gasteiger partial charge in [0.2, 0.25) is 5.91 Å². The molecule has 0 radical (unpaired) electrons. The number of carbonyl (C=O) groups excluding carboxylic acids is 1. The monoisotopic (exact) mass is 241 g/mol. The van der Waals surface area contributed by atoms with Crippen LogP contribution in [-0.2, 0) is 4.79 Å². The number of hydrogen-bond acceptors (Lipinski definition) is 1. The Morgan fingerprint density at radius 1 is 1.24 bits per heavy atom. The lowest BCUT2D eigenvalue weighted by Gasteiger charge is -2.20. The van der Waals surface area contributed by atoms with Crippen LogP contribution in [0.4, 0.5) is 8.78 Å². The highest BCUT2D eigenvalue weighted by atomic mass is 19.1. The van der Waals surface area contributed by atoms with Gasteiger partial charge >= 0.3 is 0 Å². The van der Waals surface area contributed by atoms with E-state index in [-0.39, 0.29) is 24.2 Å². The molecule has 1 N–H and O–H groups in total. The Morgan fingerprint density at radius 3 is 2.18 bits per heavy atom. The van der Waals surface area contributed by atoms with Crippen LogP contribution in [0.5, 0.6) is 0 Å². The molecule has 0 saturated carbocycles. The van der Waals surface area contributed by atoms with Crippen LogP contribution < -0.4 is 5.32 Å². The Bertz CT molecular complexity index is 384. The van der Waals surface area contributed by atoms with Crippen molar-refractivity contribution < 1.29 is 13.6 Å². The van der Waals surface area contributed by atoms with Crippen LogP contribution >= 0.6 is 0 Å². The number of rotatable bonds is 4. The minimum Gasteiger partial charge on any atom is -0.359 e. The summed E-state index contributed by atoms with van der Waals surface area (Å²) in [5, 5.41) is 2.52. The average Bonchev–Trinajstić information content (AvgIpc) is 2.23. The number of benzene rings is 1. The first-order chi connectivity index (χ1) is 7.93. The molecular weight excluding hydrogens is 224 g/mol. The molecule has 0 spiro atoms. The molecule has 0 aliphatic carbocycles. The van der Waals surface area contributed by atoms with Gasteiger partial charge in [0.05, 0.1) is 0 Å². The van der Waals surface area contributed by atoms with Gasteiger partial charge in [-0.25, -0.2) is 8.78 Å². The van der Waals surface area contributed by atoms with Crippen LogP contribution in [0.2, 0.25) is 0 Å². The van der Waals surface area contributed by atoms with Gasteiger partial charge in [-0.3, -0.25) is 4.79 Å². The summed E-state index contributed by atoms with van der Waals surface area (Å²) in [5.41, 5.74) is 0.529. The molecule has 0 aliphatic rings. The van der Waals surface area contributed by atoms with Crippen molar-refractivity contribution in [1.29, 1.82) is 0 Å². The van der Waals surface area contributed by atoms with Crippen molar-refractivity contribution in [3.8, 4) is 0 Å². The predicted octanol–water partition coefficient (Wildman–Crippen LogP) is 2.84. The van der Waals surface area contributed by atoms with Gasteiger partial charge in [-0.05, 0) is 29.5 Å². The van der Waals surface area contributed by atoms with E-state index < -0.39 is 11.6 Å². The number of halogens is 2. The fourth-order valence-electron chi connectivity index (χ4n) is 1.83. The van der Waals surface area contributed by atoms with Gasteiger partial charge in [-0.15, -0.1) is 0 Å². The zero-order valence-electron chi connectivity index (χ0n) is 10.3. The number of amides is 1. The first-order valence-corrected chi connectivity index (χ1v) is 5.60. The molecule has 0 aromatic heterocycles. The molecule has 4 heteroatoms. The summed E-state index contributed by atoms with van der Waals surface area (Å²) in [7, 11) is 1.55. The first kappa shape index (κ1) is 13.6. The molecule has 0 bridgehead atoms. The Balaban J connectivity index is 3.01. The van der Waals surface area contributed by atoms with Crippen molar-refractivity contribution in [2.24, 2.45) is 5.92 Å². The first-order valence-electron chi connectivity index (χ1n) is 5.60. The standard InChI is InChI=1S/C13H17F2NO/c1-8(2)12(7-13(17)16-3)9-4-10(14)6-11(15)5-9/h4-6,8,12H,7H2,1-3H3,(H,16,17). The third kappa shape index (κ3) is 3.80. The van der Waals surface area contributed by atoms with E-state index in [0.29, 0.717) is 5.56 Å². The minimum atomic E-state index is -0.609. The summed E-state index contributed by atoms with van der Waals surface area (Å²) in [4.78, 5) is 11.4. The molecule has 1 unspecified atom stereocenters. The zero-order valence-corrected chi connectivity index (χ0v) is 10.3. The van der Waals surface area contributed by atoms with E-state index in [4.69, 9.17) is 0 Å². The quantitative estimate of drug-likeness (QED) is 0.862. The van der Waals surface area contributed by atoms with Crippen LogP contribution in [0.1, 0.15) is 31.7 Å². The van der Waals surface area contributed by atoms with E-state index in [2.05, 4.69) is 5.32 Å². The van der Waals surface area contributed by atoms with E-state index in [1.807, 2.05) is 13.8 Å². The van der Waals surface area contributed by atoms with Crippen LogP contribution in [0.25, 0.3) is 0 Å². The van der Waals surface area contributed by atoms with Gasteiger partial charge in [0, 0.05) is 19.5 Å². The molecule has 1 aromatic rings. The molecule has 1 atom stereocenters. The smallest absolute Gasteiger partial charge is 0.220 e. The molecule has 1 amide bonds. The number of hydrogen-bond donors (Lipinski definition) is 1. The van der Waals surface area contributed by atoms with Crippen molar-refractivity contribution in [3.05, 3.63) is 35.4 Å². The molecule has 17 heavy (non-hydrogen) atoms. The van der Waals surface area contributed by atoms with E-state index >= 15 is 0 Å². The Hall–Kier alpha value is -1.45. The van der Waals surface area contributed by atoms with Crippen LogP contribution in [0, 0.1) is 17.6 Å². The molecule has 94 valence electrons. The largest absolute Gasteiger partial charge is 0.359 e. The normalized spacial score (nSPS) is 12.6. The van der Waals surface area contributed by atoms with Crippen LogP contribution in [0.15, 0.2) is 18.2 Å². The maximum absolute atomic E-state index is 13.1. The van der Waals surface area contributed by atoms with E-state index in [1.165, 1.54) is 12.1 Å². The Kier molecular flexibility index (Phi) is 4.61. The SMILES string of the molecule is CNC(=O)CC(c1cc(F)cc(F)c1)C(C)C. The maximum Gasteiger partial charge on any atom is 0.220 e. The van der Waals surface area contributed by atoms with Gasteiger partial charge < -0.3 is 5.32 Å². The predicted molar refractivity (Wildman–Crippen MR) is 62.6 cm³/mol. The van der Waals surface area contributed by atoms with Crippen LogP contribution in [-0.4, -0.2) is 13.0 Å². The van der Waals surface area contributed by atoms with Gasteiger partial charge in [-0.1, -0.05) is 13.8 Å². The summed E-state index contributed by atoms with van der Waals surface area (Å²) < 4.78 is 26.3. The molecule has 0 heterocycles. The highest BCUT2D eigenvalue weighted by Crippen LogP contribution is 2.28. The average molecular weight is 241 g/mol. The molecule has 2 nitrogen and oxygen atoms in total. The number of nitrogens with one attached hydrogen (secondary N) is 1. The number of carbonyl (C=O) groups is 1. The topological polar surface area (TPSA) is 29.1 Å². The lowest BCUT2D eigenvalue weighted by Crippen LogP contribution is -2.22. The van der Waals surface area contributed by atoms with E-state index in [9.17, 15) is 13.6 Å². The zero-order chi connectivity index (χ0) is 13.0. The summed E-state index contributed by atoms with van der Waals surface area (Å²) in [5.74, 6) is -1.40. The van der Waals surface area contributed by atoms with Gasteiger partial charge in [-0.2, -0.15) is 0 Å². The fourth-order valence-corrected chi connectivity index (χ4v) is 1.83. The fraction of sp³-hybridized carbons (Fsp3) is 0.462. The second-order valence-corrected chi connectivity index (χ2v) is 4.43. The maximum atomic E-state index is 13.1. The van der Waals surface area contributed by atoms with Crippen LogP contribution in [0.3, 0.4) is 0 Å². The third-order valence-electron chi connectivity index (χ3n) is 2.80. The van der Waals surface area contributed by atoms with Crippen molar-refractivity contribution in [2.75, 3.05) is 7.05 Å². The molecule has 0 aliphatic heterocycles.